The Hall–Kier alpha value is -2.74. The molecule has 4 amide bonds. The van der Waals surface area contributed by atoms with Crippen LogP contribution in [0.1, 0.15) is 18.1 Å². The number of benzene rings is 1. The molecule has 1 fully saturated rings. The quantitative estimate of drug-likeness (QED) is 0.758. The second-order valence-corrected chi connectivity index (χ2v) is 6.96. The van der Waals surface area contributed by atoms with Crippen LogP contribution in [0, 0.1) is 5.82 Å². The van der Waals surface area contributed by atoms with Gasteiger partial charge in [0.05, 0.1) is 0 Å². The van der Waals surface area contributed by atoms with E-state index in [0.29, 0.717) is 18.5 Å². The smallest absolute Gasteiger partial charge is 0.325 e. The van der Waals surface area contributed by atoms with Gasteiger partial charge in [0.15, 0.2) is 0 Å². The zero-order chi connectivity index (χ0) is 18.7. The minimum Gasteiger partial charge on any atom is -0.354 e. The van der Waals surface area contributed by atoms with Crippen LogP contribution in [0.2, 0.25) is 0 Å². The standard InChI is InChI=1S/C18H18FN3O3S/c1-18(13-7-9-26-11-13)16(24)22(17(25)21-18)10-15(23)20-8-6-12-2-4-14(19)5-3-12/h2-5,7,9,11H,6,8,10H2,1H3,(H,20,23)(H,21,25)/t18-/m1/s1. The van der Waals surface area contributed by atoms with Crippen LogP contribution < -0.4 is 10.6 Å². The van der Waals surface area contributed by atoms with Crippen molar-refractivity contribution < 1.29 is 18.8 Å². The Balaban J connectivity index is 1.55. The number of halogens is 1. The number of imide groups is 1. The molecule has 2 aromatic rings. The highest BCUT2D eigenvalue weighted by atomic mass is 32.1. The van der Waals surface area contributed by atoms with Gasteiger partial charge in [0, 0.05) is 6.54 Å². The third kappa shape index (κ3) is 3.60. The first kappa shape index (κ1) is 18.1. The molecule has 26 heavy (non-hydrogen) atoms. The van der Waals surface area contributed by atoms with E-state index >= 15 is 0 Å². The average molecular weight is 375 g/mol. The van der Waals surface area contributed by atoms with Crippen molar-refractivity contribution in [2.45, 2.75) is 18.9 Å². The first-order valence-corrected chi connectivity index (χ1v) is 9.02. The van der Waals surface area contributed by atoms with E-state index < -0.39 is 23.4 Å². The van der Waals surface area contributed by atoms with E-state index in [4.69, 9.17) is 0 Å². The summed E-state index contributed by atoms with van der Waals surface area (Å²) >= 11 is 1.43. The number of nitrogens with one attached hydrogen (secondary N) is 2. The van der Waals surface area contributed by atoms with E-state index in [0.717, 1.165) is 10.5 Å². The van der Waals surface area contributed by atoms with Crippen molar-refractivity contribution in [2.75, 3.05) is 13.1 Å². The summed E-state index contributed by atoms with van der Waals surface area (Å²) in [5, 5.41) is 8.95. The molecule has 136 valence electrons. The summed E-state index contributed by atoms with van der Waals surface area (Å²) < 4.78 is 12.9. The number of rotatable bonds is 6. The highest BCUT2D eigenvalue weighted by Crippen LogP contribution is 2.29. The lowest BCUT2D eigenvalue weighted by Gasteiger charge is -2.20. The molecule has 0 aliphatic carbocycles. The SMILES string of the molecule is C[C@]1(c2ccsc2)NC(=O)N(CC(=O)NCCc2ccc(F)cc2)C1=O. The summed E-state index contributed by atoms with van der Waals surface area (Å²) in [6.07, 6.45) is 0.527. The molecule has 1 aromatic heterocycles. The van der Waals surface area contributed by atoms with Crippen molar-refractivity contribution in [1.29, 1.82) is 0 Å². The van der Waals surface area contributed by atoms with Gasteiger partial charge in [-0.25, -0.2) is 9.18 Å². The second-order valence-electron chi connectivity index (χ2n) is 6.18. The number of nitrogens with zero attached hydrogens (tertiary/aromatic N) is 1. The molecule has 0 unspecified atom stereocenters. The van der Waals surface area contributed by atoms with Crippen LogP contribution in [0.15, 0.2) is 41.1 Å². The molecular weight excluding hydrogens is 357 g/mol. The van der Waals surface area contributed by atoms with Gasteiger partial charge in [0.25, 0.3) is 5.91 Å². The van der Waals surface area contributed by atoms with Gasteiger partial charge in [-0.1, -0.05) is 12.1 Å². The third-order valence-corrected chi connectivity index (χ3v) is 5.01. The first-order chi connectivity index (χ1) is 12.4. The number of carbonyl (C=O) groups is 3. The normalized spacial score (nSPS) is 19.5. The lowest BCUT2D eigenvalue weighted by atomic mass is 9.95. The third-order valence-electron chi connectivity index (χ3n) is 4.32. The minimum atomic E-state index is -1.15. The van der Waals surface area contributed by atoms with Crippen LogP contribution in [-0.4, -0.2) is 35.8 Å². The summed E-state index contributed by atoms with van der Waals surface area (Å²) in [4.78, 5) is 37.8. The largest absolute Gasteiger partial charge is 0.354 e. The molecule has 0 spiro atoms. The van der Waals surface area contributed by atoms with E-state index in [1.807, 2.05) is 5.38 Å². The fraction of sp³-hybridized carbons (Fsp3) is 0.278. The number of urea groups is 1. The van der Waals surface area contributed by atoms with Crippen molar-refractivity contribution in [3.8, 4) is 0 Å². The van der Waals surface area contributed by atoms with Gasteiger partial charge in [-0.3, -0.25) is 14.5 Å². The Morgan fingerprint density at radius 3 is 2.65 bits per heavy atom. The maximum atomic E-state index is 12.9. The lowest BCUT2D eigenvalue weighted by molar-refractivity contribution is -0.134. The van der Waals surface area contributed by atoms with Gasteiger partial charge in [0.2, 0.25) is 5.91 Å². The first-order valence-electron chi connectivity index (χ1n) is 8.08. The summed E-state index contributed by atoms with van der Waals surface area (Å²) in [5.41, 5.74) is 0.428. The lowest BCUT2D eigenvalue weighted by Crippen LogP contribution is -2.43. The molecule has 0 saturated carbocycles. The highest BCUT2D eigenvalue weighted by molar-refractivity contribution is 7.08. The van der Waals surface area contributed by atoms with Crippen LogP contribution in [0.3, 0.4) is 0 Å². The number of amides is 4. The Bertz CT molecular complexity index is 823. The van der Waals surface area contributed by atoms with Crippen molar-refractivity contribution >= 4 is 29.2 Å². The molecule has 3 rings (SSSR count). The molecule has 1 aromatic carbocycles. The molecule has 8 heteroatoms. The van der Waals surface area contributed by atoms with E-state index in [2.05, 4.69) is 10.6 Å². The molecule has 0 radical (unpaired) electrons. The summed E-state index contributed by atoms with van der Waals surface area (Å²) in [6, 6.07) is 7.19. The van der Waals surface area contributed by atoms with E-state index in [-0.39, 0.29) is 12.4 Å². The predicted molar refractivity (Wildman–Crippen MR) is 95.0 cm³/mol. The van der Waals surface area contributed by atoms with Gasteiger partial charge < -0.3 is 10.6 Å². The van der Waals surface area contributed by atoms with Crippen LogP contribution in [0.25, 0.3) is 0 Å². The molecule has 2 heterocycles. The Kier molecular flexibility index (Phi) is 5.03. The molecule has 6 nitrogen and oxygen atoms in total. The predicted octanol–water partition coefficient (Wildman–Crippen LogP) is 2.01. The van der Waals surface area contributed by atoms with Crippen LogP contribution in [0.4, 0.5) is 9.18 Å². The number of hydrogen-bond acceptors (Lipinski definition) is 4. The fourth-order valence-electron chi connectivity index (χ4n) is 2.78. The topological polar surface area (TPSA) is 78.5 Å². The highest BCUT2D eigenvalue weighted by Gasteiger charge is 2.49. The number of carbonyl (C=O) groups excluding carboxylic acids is 3. The van der Waals surface area contributed by atoms with Gasteiger partial charge >= 0.3 is 6.03 Å². The summed E-state index contributed by atoms with van der Waals surface area (Å²) in [7, 11) is 0. The Morgan fingerprint density at radius 1 is 1.27 bits per heavy atom. The molecular formula is C18H18FN3O3S. The molecule has 1 saturated heterocycles. The number of hydrogen-bond donors (Lipinski definition) is 2. The van der Waals surface area contributed by atoms with Crippen molar-refractivity contribution in [2.24, 2.45) is 0 Å². The molecule has 2 N–H and O–H groups in total. The zero-order valence-electron chi connectivity index (χ0n) is 14.1. The van der Waals surface area contributed by atoms with E-state index in [1.54, 1.807) is 30.5 Å². The van der Waals surface area contributed by atoms with E-state index in [1.165, 1.54) is 23.5 Å². The van der Waals surface area contributed by atoms with E-state index in [9.17, 15) is 18.8 Å². The van der Waals surface area contributed by atoms with Gasteiger partial charge in [0.1, 0.15) is 17.9 Å². The summed E-state index contributed by atoms with van der Waals surface area (Å²) in [6.45, 7) is 1.62. The van der Waals surface area contributed by atoms with Crippen molar-refractivity contribution in [3.05, 3.63) is 58.0 Å². The van der Waals surface area contributed by atoms with Crippen molar-refractivity contribution in [3.63, 3.8) is 0 Å². The molecule has 0 bridgehead atoms. The van der Waals surface area contributed by atoms with Crippen LogP contribution >= 0.6 is 11.3 Å². The van der Waals surface area contributed by atoms with Gasteiger partial charge in [-0.05, 0) is 53.4 Å². The second kappa shape index (κ2) is 7.25. The maximum Gasteiger partial charge on any atom is 0.325 e. The minimum absolute atomic E-state index is 0.315. The molecule has 1 aliphatic heterocycles. The average Bonchev–Trinajstić information content (AvgIpc) is 3.21. The number of thiophene rings is 1. The monoisotopic (exact) mass is 375 g/mol. The summed E-state index contributed by atoms with van der Waals surface area (Å²) in [5.74, 6) is -1.19. The van der Waals surface area contributed by atoms with Crippen LogP contribution in [0.5, 0.6) is 0 Å². The van der Waals surface area contributed by atoms with Crippen LogP contribution in [-0.2, 0) is 21.5 Å². The molecule has 1 atom stereocenters. The van der Waals surface area contributed by atoms with Crippen molar-refractivity contribution in [1.82, 2.24) is 15.5 Å². The fourth-order valence-corrected chi connectivity index (χ4v) is 3.55. The van der Waals surface area contributed by atoms with Gasteiger partial charge in [-0.15, -0.1) is 0 Å². The Morgan fingerprint density at radius 2 is 2.00 bits per heavy atom. The maximum absolute atomic E-state index is 12.9. The Labute approximate surface area is 154 Å². The zero-order valence-corrected chi connectivity index (χ0v) is 14.9. The van der Waals surface area contributed by atoms with Gasteiger partial charge in [-0.2, -0.15) is 11.3 Å². The molecule has 1 aliphatic rings.